The predicted molar refractivity (Wildman–Crippen MR) is 114 cm³/mol. The number of nitrogens with zero attached hydrogens (tertiary/aromatic N) is 1. The van der Waals surface area contributed by atoms with Crippen LogP contribution in [-0.2, 0) is 6.42 Å². The summed E-state index contributed by atoms with van der Waals surface area (Å²) in [6, 6.07) is 17.2. The van der Waals surface area contributed by atoms with Gasteiger partial charge in [0.1, 0.15) is 0 Å². The van der Waals surface area contributed by atoms with Crippen LogP contribution >= 0.6 is 35.2 Å². The lowest BCUT2D eigenvalue weighted by Gasteiger charge is -2.12. The van der Waals surface area contributed by atoms with Gasteiger partial charge in [-0.2, -0.15) is 4.57 Å². The maximum Gasteiger partial charge on any atom is 0.289 e. The highest BCUT2D eigenvalue weighted by Crippen LogP contribution is 2.29. The Morgan fingerprint density at radius 3 is 2.50 bits per heavy atom. The number of hydrogen-bond acceptors (Lipinski definition) is 3. The van der Waals surface area contributed by atoms with Gasteiger partial charge in [-0.05, 0) is 30.2 Å². The molecule has 0 atom stereocenters. The highest BCUT2D eigenvalue weighted by Gasteiger charge is 2.24. The molecular weight excluding hydrogens is 384 g/mol. The number of anilines is 1. The molecule has 0 saturated carbocycles. The summed E-state index contributed by atoms with van der Waals surface area (Å²) in [4.78, 5) is 1.10. The molecule has 2 aromatic heterocycles. The van der Waals surface area contributed by atoms with Gasteiger partial charge in [0.25, 0.3) is 5.70 Å². The zero-order valence-electron chi connectivity index (χ0n) is 14.1. The van der Waals surface area contributed by atoms with E-state index in [4.69, 9.17) is 23.8 Å². The number of aliphatic hydroxyl groups is 1. The van der Waals surface area contributed by atoms with Crippen LogP contribution in [0.4, 0.5) is 5.69 Å². The largest absolute Gasteiger partial charge is 0.501 e. The summed E-state index contributed by atoms with van der Waals surface area (Å²) in [5.74, 6) is 0.0876. The molecule has 1 aromatic carbocycles. The first-order valence-electron chi connectivity index (χ1n) is 8.15. The van der Waals surface area contributed by atoms with Crippen molar-refractivity contribution in [3.63, 3.8) is 0 Å². The van der Waals surface area contributed by atoms with Crippen molar-refractivity contribution in [2.75, 3.05) is 5.32 Å². The van der Waals surface area contributed by atoms with Gasteiger partial charge in [0.15, 0.2) is 17.4 Å². The molecule has 132 valence electrons. The van der Waals surface area contributed by atoms with E-state index in [9.17, 15) is 5.11 Å². The van der Waals surface area contributed by atoms with Crippen LogP contribution in [0.2, 0.25) is 4.34 Å². The number of nitrogens with one attached hydrogen (secondary N) is 1. The molecule has 0 amide bonds. The number of benzene rings is 1. The number of thiocarbonyl (C=S) groups is 1. The van der Waals surface area contributed by atoms with Crippen LogP contribution in [0, 0.1) is 0 Å². The van der Waals surface area contributed by atoms with Gasteiger partial charge >= 0.3 is 0 Å². The molecule has 2 heterocycles. The Balaban J connectivity index is 2.05. The van der Waals surface area contributed by atoms with E-state index in [0.29, 0.717) is 19.9 Å². The minimum absolute atomic E-state index is 0.0876. The standard InChI is InChI=1S/C20H17ClN2OS2/c1-2-14-8-4-5-9-15(14)22-20(25)18(23-12-6-3-7-13-23)19(24)16-10-11-17(21)26-16/h3-13H,2H2,1H3,(H-,22,24,25)/p+1. The van der Waals surface area contributed by atoms with Gasteiger partial charge in [-0.1, -0.05) is 55.0 Å². The van der Waals surface area contributed by atoms with E-state index < -0.39 is 0 Å². The molecule has 0 bridgehead atoms. The third-order valence-corrected chi connectivity index (χ3v) is 5.40. The van der Waals surface area contributed by atoms with Crippen molar-refractivity contribution in [1.82, 2.24) is 0 Å². The molecule has 3 nitrogen and oxygen atoms in total. The zero-order valence-corrected chi connectivity index (χ0v) is 16.5. The number of hydrogen-bond donors (Lipinski definition) is 2. The summed E-state index contributed by atoms with van der Waals surface area (Å²) in [7, 11) is 0. The van der Waals surface area contributed by atoms with E-state index in [1.54, 1.807) is 16.7 Å². The van der Waals surface area contributed by atoms with Gasteiger partial charge in [0.05, 0.1) is 9.21 Å². The van der Waals surface area contributed by atoms with Crippen LogP contribution in [0.15, 0.2) is 67.0 Å². The van der Waals surface area contributed by atoms with Crippen molar-refractivity contribution in [3.8, 4) is 0 Å². The van der Waals surface area contributed by atoms with Crippen LogP contribution in [0.3, 0.4) is 0 Å². The highest BCUT2D eigenvalue weighted by atomic mass is 35.5. The second kappa shape index (κ2) is 8.45. The molecule has 0 aliphatic heterocycles. The average molecular weight is 402 g/mol. The number of aryl methyl sites for hydroxylation is 1. The molecule has 0 saturated heterocycles. The van der Waals surface area contributed by atoms with Crippen LogP contribution in [0.1, 0.15) is 17.4 Å². The molecule has 6 heteroatoms. The molecule has 0 aliphatic carbocycles. The minimum atomic E-state index is 0.0876. The molecule has 0 radical (unpaired) electrons. The van der Waals surface area contributed by atoms with E-state index in [0.717, 1.165) is 17.7 Å². The van der Waals surface area contributed by atoms with Gasteiger partial charge in [-0.15, -0.1) is 11.3 Å². The predicted octanol–water partition coefficient (Wildman–Crippen LogP) is 5.57. The van der Waals surface area contributed by atoms with E-state index >= 15 is 0 Å². The SMILES string of the molecule is CCc1ccccc1NC(=S)C(=C(O)c1ccc(Cl)s1)[n+]1ccccc1. The second-order valence-electron chi connectivity index (χ2n) is 5.55. The smallest absolute Gasteiger partial charge is 0.289 e. The summed E-state index contributed by atoms with van der Waals surface area (Å²) in [5.41, 5.74) is 2.60. The highest BCUT2D eigenvalue weighted by molar-refractivity contribution is 7.81. The topological polar surface area (TPSA) is 36.1 Å². The Morgan fingerprint density at radius 1 is 1.12 bits per heavy atom. The molecule has 0 aliphatic rings. The number of rotatable bonds is 5. The normalized spacial score (nSPS) is 11.8. The van der Waals surface area contributed by atoms with Gasteiger partial charge in [0, 0.05) is 17.8 Å². The summed E-state index contributed by atoms with van der Waals surface area (Å²) < 4.78 is 2.41. The van der Waals surface area contributed by atoms with Crippen LogP contribution in [0.25, 0.3) is 11.5 Å². The summed E-state index contributed by atoms with van der Waals surface area (Å²) in [5, 5.41) is 14.2. The Kier molecular flexibility index (Phi) is 6.04. The van der Waals surface area contributed by atoms with Crippen LogP contribution in [0.5, 0.6) is 0 Å². The monoisotopic (exact) mass is 401 g/mol. The molecule has 0 unspecified atom stereocenters. The third-order valence-electron chi connectivity index (χ3n) is 3.87. The second-order valence-corrected chi connectivity index (χ2v) is 7.67. The molecule has 3 rings (SSSR count). The first-order valence-corrected chi connectivity index (χ1v) is 9.75. The van der Waals surface area contributed by atoms with Crippen molar-refractivity contribution in [2.45, 2.75) is 13.3 Å². The van der Waals surface area contributed by atoms with Crippen molar-refractivity contribution >= 4 is 57.3 Å². The fourth-order valence-electron chi connectivity index (χ4n) is 2.59. The molecule has 26 heavy (non-hydrogen) atoms. The van der Waals surface area contributed by atoms with Gasteiger partial charge in [0.2, 0.25) is 5.76 Å². The number of aliphatic hydroxyl groups excluding tert-OH is 1. The number of halogens is 1. The van der Waals surface area contributed by atoms with E-state index in [1.165, 1.54) is 11.3 Å². The Bertz CT molecular complexity index is 951. The Morgan fingerprint density at radius 2 is 1.85 bits per heavy atom. The van der Waals surface area contributed by atoms with E-state index in [1.807, 2.05) is 48.8 Å². The molecule has 2 N–H and O–H groups in total. The molecular formula is C20H18ClN2OS2+. The van der Waals surface area contributed by atoms with E-state index in [2.05, 4.69) is 18.3 Å². The fourth-order valence-corrected chi connectivity index (χ4v) is 3.89. The van der Waals surface area contributed by atoms with Gasteiger partial charge < -0.3 is 10.4 Å². The molecule has 0 fully saturated rings. The van der Waals surface area contributed by atoms with Crippen LogP contribution < -0.4 is 9.88 Å². The van der Waals surface area contributed by atoms with Crippen LogP contribution in [-0.4, -0.2) is 10.1 Å². The zero-order chi connectivity index (χ0) is 18.5. The first-order chi connectivity index (χ1) is 12.6. The van der Waals surface area contributed by atoms with Crippen molar-refractivity contribution in [1.29, 1.82) is 0 Å². The van der Waals surface area contributed by atoms with Crippen molar-refractivity contribution < 1.29 is 9.67 Å². The molecule has 3 aromatic rings. The van der Waals surface area contributed by atoms with E-state index in [-0.39, 0.29) is 5.76 Å². The lowest BCUT2D eigenvalue weighted by molar-refractivity contribution is -0.575. The van der Waals surface area contributed by atoms with Gasteiger partial charge in [-0.3, -0.25) is 0 Å². The number of para-hydroxylation sites is 1. The third kappa shape index (κ3) is 4.12. The Hall–Kier alpha value is -2.21. The quantitative estimate of drug-likeness (QED) is 0.254. The summed E-state index contributed by atoms with van der Waals surface area (Å²) >= 11 is 13.0. The molecule has 0 spiro atoms. The minimum Gasteiger partial charge on any atom is -0.501 e. The van der Waals surface area contributed by atoms with Crippen molar-refractivity contribution in [3.05, 3.63) is 81.8 Å². The first kappa shape index (κ1) is 18.6. The fraction of sp³-hybridized carbons (Fsp3) is 0.100. The number of thiophene rings is 1. The summed E-state index contributed by atoms with van der Waals surface area (Å²) in [6.45, 7) is 2.09. The van der Waals surface area contributed by atoms with Crippen molar-refractivity contribution in [2.24, 2.45) is 0 Å². The maximum absolute atomic E-state index is 10.9. The summed E-state index contributed by atoms with van der Waals surface area (Å²) in [6.07, 6.45) is 4.58. The average Bonchev–Trinajstić information content (AvgIpc) is 3.09. The number of aromatic nitrogens is 1. The lowest BCUT2D eigenvalue weighted by Crippen LogP contribution is -2.38. The maximum atomic E-state index is 10.9. The Labute approximate surface area is 167 Å². The lowest BCUT2D eigenvalue weighted by atomic mass is 10.1. The van der Waals surface area contributed by atoms with Gasteiger partial charge in [-0.25, -0.2) is 0 Å². The number of pyridine rings is 1.